The molecule has 0 aliphatic carbocycles. The van der Waals surface area contributed by atoms with E-state index in [1.807, 2.05) is 6.08 Å². The van der Waals surface area contributed by atoms with E-state index >= 15 is 0 Å². The van der Waals surface area contributed by atoms with Gasteiger partial charge in [0.2, 0.25) is 0 Å². The van der Waals surface area contributed by atoms with Crippen LogP contribution < -0.4 is 0 Å². The van der Waals surface area contributed by atoms with Gasteiger partial charge in [0.05, 0.1) is 6.61 Å². The van der Waals surface area contributed by atoms with E-state index in [4.69, 9.17) is 9.84 Å². The van der Waals surface area contributed by atoms with Crippen LogP contribution >= 0.6 is 0 Å². The molecule has 0 radical (unpaired) electrons. The van der Waals surface area contributed by atoms with Crippen molar-refractivity contribution in [2.75, 3.05) is 40.4 Å². The summed E-state index contributed by atoms with van der Waals surface area (Å²) in [6.45, 7) is 2.38. The SMILES string of the molecule is COCC1=CCN(C(=O)N(C)CCCC(=O)O)CC1. The predicted molar refractivity (Wildman–Crippen MR) is 71.0 cm³/mol. The van der Waals surface area contributed by atoms with Gasteiger partial charge in [-0.1, -0.05) is 6.08 Å². The second-order valence-electron chi connectivity index (χ2n) is 4.69. The summed E-state index contributed by atoms with van der Waals surface area (Å²) in [7, 11) is 3.37. The van der Waals surface area contributed by atoms with E-state index in [1.165, 1.54) is 5.57 Å². The molecule has 0 aromatic rings. The Labute approximate surface area is 113 Å². The molecule has 6 heteroatoms. The number of amides is 2. The molecule has 0 saturated carbocycles. The average Bonchev–Trinajstić information content (AvgIpc) is 2.38. The first-order chi connectivity index (χ1) is 9.04. The summed E-state index contributed by atoms with van der Waals surface area (Å²) in [5, 5.41) is 8.56. The van der Waals surface area contributed by atoms with E-state index in [9.17, 15) is 9.59 Å². The number of rotatable bonds is 6. The smallest absolute Gasteiger partial charge is 0.320 e. The molecule has 0 aromatic carbocycles. The normalized spacial score (nSPS) is 15.1. The van der Waals surface area contributed by atoms with Crippen molar-refractivity contribution in [3.63, 3.8) is 0 Å². The van der Waals surface area contributed by atoms with Crippen molar-refractivity contribution in [2.45, 2.75) is 19.3 Å². The summed E-state index contributed by atoms with van der Waals surface area (Å²) >= 11 is 0. The third-order valence-electron chi connectivity index (χ3n) is 3.11. The lowest BCUT2D eigenvalue weighted by atomic mass is 10.1. The lowest BCUT2D eigenvalue weighted by Crippen LogP contribution is -2.43. The van der Waals surface area contributed by atoms with Gasteiger partial charge in [-0.05, 0) is 18.4 Å². The molecule has 1 aliphatic rings. The lowest BCUT2D eigenvalue weighted by molar-refractivity contribution is -0.137. The second kappa shape index (κ2) is 7.78. The van der Waals surface area contributed by atoms with E-state index in [-0.39, 0.29) is 12.5 Å². The minimum absolute atomic E-state index is 0.0434. The summed E-state index contributed by atoms with van der Waals surface area (Å²) < 4.78 is 5.06. The molecule has 0 aromatic heterocycles. The summed E-state index contributed by atoms with van der Waals surface area (Å²) in [5.41, 5.74) is 1.22. The fourth-order valence-corrected chi connectivity index (χ4v) is 2.01. The molecule has 2 amide bonds. The fraction of sp³-hybridized carbons (Fsp3) is 0.692. The Morgan fingerprint density at radius 3 is 2.79 bits per heavy atom. The van der Waals surface area contributed by atoms with Gasteiger partial charge in [0.25, 0.3) is 0 Å². The largest absolute Gasteiger partial charge is 0.481 e. The molecule has 19 heavy (non-hydrogen) atoms. The van der Waals surface area contributed by atoms with Gasteiger partial charge in [-0.2, -0.15) is 0 Å². The van der Waals surface area contributed by atoms with E-state index in [2.05, 4.69) is 0 Å². The molecule has 1 N–H and O–H groups in total. The highest BCUT2D eigenvalue weighted by atomic mass is 16.5. The Morgan fingerprint density at radius 1 is 1.53 bits per heavy atom. The fourth-order valence-electron chi connectivity index (χ4n) is 2.01. The highest BCUT2D eigenvalue weighted by molar-refractivity contribution is 5.74. The number of nitrogens with zero attached hydrogens (tertiary/aromatic N) is 2. The first kappa shape index (κ1) is 15.5. The number of ether oxygens (including phenoxy) is 1. The number of aliphatic carboxylic acids is 1. The lowest BCUT2D eigenvalue weighted by Gasteiger charge is -2.30. The molecule has 6 nitrogen and oxygen atoms in total. The number of urea groups is 1. The minimum Gasteiger partial charge on any atom is -0.481 e. The third kappa shape index (κ3) is 5.30. The Bertz CT molecular complexity index is 355. The van der Waals surface area contributed by atoms with E-state index in [1.54, 1.807) is 24.0 Å². The van der Waals surface area contributed by atoms with Crippen molar-refractivity contribution < 1.29 is 19.4 Å². The van der Waals surface area contributed by atoms with Crippen molar-refractivity contribution in [1.29, 1.82) is 0 Å². The summed E-state index contributed by atoms with van der Waals surface area (Å²) in [6.07, 6.45) is 3.43. The van der Waals surface area contributed by atoms with Crippen LogP contribution in [0.4, 0.5) is 4.79 Å². The van der Waals surface area contributed by atoms with Crippen LogP contribution in [0.3, 0.4) is 0 Å². The summed E-state index contributed by atoms with van der Waals surface area (Å²) in [5.74, 6) is -0.828. The molecule has 1 aliphatic heterocycles. The zero-order chi connectivity index (χ0) is 14.3. The van der Waals surface area contributed by atoms with Crippen LogP contribution in [0.25, 0.3) is 0 Å². The van der Waals surface area contributed by atoms with Crippen LogP contribution in [0.15, 0.2) is 11.6 Å². The van der Waals surface area contributed by atoms with Crippen LogP contribution in [0.5, 0.6) is 0 Å². The molecule has 0 atom stereocenters. The van der Waals surface area contributed by atoms with Gasteiger partial charge in [0, 0.05) is 40.2 Å². The number of hydrogen-bond donors (Lipinski definition) is 1. The summed E-state index contributed by atoms with van der Waals surface area (Å²) in [4.78, 5) is 25.8. The molecule has 1 rings (SSSR count). The number of carbonyl (C=O) groups is 2. The Kier molecular flexibility index (Phi) is 6.35. The standard InChI is InChI=1S/C13H22N2O4/c1-14(7-3-4-12(16)17)13(18)15-8-5-11(6-9-15)10-19-2/h5H,3-4,6-10H2,1-2H3,(H,16,17). The molecule has 0 saturated heterocycles. The number of methoxy groups -OCH3 is 1. The van der Waals surface area contributed by atoms with Crippen LogP contribution in [0.1, 0.15) is 19.3 Å². The molecule has 0 fully saturated rings. The van der Waals surface area contributed by atoms with E-state index in [0.717, 1.165) is 6.42 Å². The van der Waals surface area contributed by atoms with Crippen molar-refractivity contribution in [3.8, 4) is 0 Å². The third-order valence-corrected chi connectivity index (χ3v) is 3.11. The maximum Gasteiger partial charge on any atom is 0.320 e. The molecular weight excluding hydrogens is 248 g/mol. The molecular formula is C13H22N2O4. The van der Waals surface area contributed by atoms with Gasteiger partial charge >= 0.3 is 12.0 Å². The Hall–Kier alpha value is -1.56. The molecule has 1 heterocycles. The second-order valence-corrected chi connectivity index (χ2v) is 4.69. The van der Waals surface area contributed by atoms with Gasteiger partial charge in [-0.25, -0.2) is 4.79 Å². The van der Waals surface area contributed by atoms with Gasteiger partial charge in [0.15, 0.2) is 0 Å². The van der Waals surface area contributed by atoms with Crippen LogP contribution in [0.2, 0.25) is 0 Å². The van der Waals surface area contributed by atoms with Crippen molar-refractivity contribution >= 4 is 12.0 Å². The Balaban J connectivity index is 2.35. The first-order valence-corrected chi connectivity index (χ1v) is 6.43. The average molecular weight is 270 g/mol. The van der Waals surface area contributed by atoms with E-state index in [0.29, 0.717) is 32.7 Å². The highest BCUT2D eigenvalue weighted by Gasteiger charge is 2.20. The van der Waals surface area contributed by atoms with Crippen LogP contribution in [-0.4, -0.2) is 67.3 Å². The van der Waals surface area contributed by atoms with Gasteiger partial charge in [0.1, 0.15) is 0 Å². The van der Waals surface area contributed by atoms with E-state index < -0.39 is 5.97 Å². The van der Waals surface area contributed by atoms with Crippen molar-refractivity contribution in [3.05, 3.63) is 11.6 Å². The zero-order valence-corrected chi connectivity index (χ0v) is 11.6. The highest BCUT2D eigenvalue weighted by Crippen LogP contribution is 2.12. The van der Waals surface area contributed by atoms with Crippen LogP contribution in [-0.2, 0) is 9.53 Å². The molecule has 108 valence electrons. The number of carboxylic acids is 1. The number of carboxylic acid groups (broad SMARTS) is 1. The Morgan fingerprint density at radius 2 is 2.26 bits per heavy atom. The topological polar surface area (TPSA) is 70.1 Å². The molecule has 0 unspecified atom stereocenters. The maximum absolute atomic E-state index is 12.1. The van der Waals surface area contributed by atoms with Gasteiger partial charge < -0.3 is 19.6 Å². The number of hydrogen-bond acceptors (Lipinski definition) is 3. The quantitative estimate of drug-likeness (QED) is 0.736. The van der Waals surface area contributed by atoms with Gasteiger partial charge in [-0.15, -0.1) is 0 Å². The zero-order valence-electron chi connectivity index (χ0n) is 11.6. The minimum atomic E-state index is -0.828. The first-order valence-electron chi connectivity index (χ1n) is 6.43. The van der Waals surface area contributed by atoms with Gasteiger partial charge in [-0.3, -0.25) is 4.79 Å². The maximum atomic E-state index is 12.1. The predicted octanol–water partition coefficient (Wildman–Crippen LogP) is 1.18. The molecule has 0 spiro atoms. The van der Waals surface area contributed by atoms with Crippen molar-refractivity contribution in [1.82, 2.24) is 9.80 Å². The number of carbonyl (C=O) groups excluding carboxylic acids is 1. The van der Waals surface area contributed by atoms with Crippen molar-refractivity contribution in [2.24, 2.45) is 0 Å². The molecule has 0 bridgehead atoms. The van der Waals surface area contributed by atoms with Crippen LogP contribution in [0, 0.1) is 0 Å². The monoisotopic (exact) mass is 270 g/mol. The summed E-state index contributed by atoms with van der Waals surface area (Å²) in [6, 6.07) is -0.0434.